The Balaban J connectivity index is 2.36. The van der Waals surface area contributed by atoms with Gasteiger partial charge in [-0.2, -0.15) is 0 Å². The molecule has 1 heterocycles. The van der Waals surface area contributed by atoms with E-state index in [2.05, 4.69) is 5.10 Å². The first kappa shape index (κ1) is 9.30. The molecule has 2 rings (SSSR count). The second kappa shape index (κ2) is 3.48. The van der Waals surface area contributed by atoms with Gasteiger partial charge in [-0.05, 0) is 12.8 Å². The highest BCUT2D eigenvalue weighted by molar-refractivity contribution is 4.76. The van der Waals surface area contributed by atoms with Gasteiger partial charge in [0.05, 0.1) is 6.04 Å². The fourth-order valence-corrected chi connectivity index (χ4v) is 2.06. The number of rotatable bonds is 1. The Morgan fingerprint density at radius 1 is 1.21 bits per heavy atom. The van der Waals surface area contributed by atoms with Crippen molar-refractivity contribution in [2.24, 2.45) is 7.05 Å². The van der Waals surface area contributed by atoms with Crippen LogP contribution in [-0.4, -0.2) is 14.3 Å². The van der Waals surface area contributed by atoms with Crippen molar-refractivity contribution >= 4 is 0 Å². The lowest BCUT2D eigenvalue weighted by Gasteiger charge is -2.21. The zero-order valence-electron chi connectivity index (χ0n) is 8.32. The molecule has 1 aromatic heterocycles. The van der Waals surface area contributed by atoms with Crippen LogP contribution >= 0.6 is 0 Å². The highest BCUT2D eigenvalue weighted by atomic mass is 16.2. The quantitative estimate of drug-likeness (QED) is 0.707. The normalized spacial score (nSPS) is 18.6. The molecule has 0 aliphatic heterocycles. The number of aromatic amines is 1. The van der Waals surface area contributed by atoms with E-state index in [1.165, 1.54) is 18.2 Å². The molecule has 0 atom stereocenters. The van der Waals surface area contributed by atoms with Crippen molar-refractivity contribution in [1.29, 1.82) is 0 Å². The molecule has 5 nitrogen and oxygen atoms in total. The Morgan fingerprint density at radius 3 is 2.36 bits per heavy atom. The summed E-state index contributed by atoms with van der Waals surface area (Å²) in [4.78, 5) is 22.8. The number of aromatic nitrogens is 3. The van der Waals surface area contributed by atoms with E-state index in [1.54, 1.807) is 0 Å². The van der Waals surface area contributed by atoms with Crippen molar-refractivity contribution in [2.45, 2.75) is 38.1 Å². The van der Waals surface area contributed by atoms with Gasteiger partial charge in [-0.1, -0.05) is 19.3 Å². The van der Waals surface area contributed by atoms with E-state index in [0.29, 0.717) is 0 Å². The lowest BCUT2D eigenvalue weighted by atomic mass is 9.96. The summed E-state index contributed by atoms with van der Waals surface area (Å²) in [6.07, 6.45) is 5.53. The molecule has 1 fully saturated rings. The Hall–Kier alpha value is -1.26. The number of hydrogen-bond donors (Lipinski definition) is 1. The molecule has 0 unspecified atom stereocenters. The lowest BCUT2D eigenvalue weighted by molar-refractivity contribution is 0.320. The highest BCUT2D eigenvalue weighted by Gasteiger charge is 2.18. The lowest BCUT2D eigenvalue weighted by Crippen LogP contribution is -2.29. The predicted molar refractivity (Wildman–Crippen MR) is 52.4 cm³/mol. The summed E-state index contributed by atoms with van der Waals surface area (Å²) in [7, 11) is 1.50. The summed E-state index contributed by atoms with van der Waals surface area (Å²) < 4.78 is 2.61. The van der Waals surface area contributed by atoms with Crippen LogP contribution in [-0.2, 0) is 7.05 Å². The van der Waals surface area contributed by atoms with Gasteiger partial charge in [0.15, 0.2) is 0 Å². The van der Waals surface area contributed by atoms with Crippen molar-refractivity contribution in [3.8, 4) is 0 Å². The van der Waals surface area contributed by atoms with Crippen molar-refractivity contribution in [3.05, 3.63) is 21.0 Å². The summed E-state index contributed by atoms with van der Waals surface area (Å²) in [5.74, 6) is 0. The minimum Gasteiger partial charge on any atom is -0.246 e. The van der Waals surface area contributed by atoms with E-state index < -0.39 is 0 Å². The van der Waals surface area contributed by atoms with E-state index in [4.69, 9.17) is 0 Å². The Bertz CT molecular complexity index is 420. The van der Waals surface area contributed by atoms with Gasteiger partial charge in [-0.3, -0.25) is 0 Å². The smallest absolute Gasteiger partial charge is 0.246 e. The molecule has 0 bridgehead atoms. The van der Waals surface area contributed by atoms with Gasteiger partial charge in [0, 0.05) is 7.05 Å². The SMILES string of the molecule is Cn1c(=O)[nH]n(C2CCCCC2)c1=O. The van der Waals surface area contributed by atoms with Gasteiger partial charge in [-0.25, -0.2) is 23.9 Å². The monoisotopic (exact) mass is 197 g/mol. The molecule has 1 N–H and O–H groups in total. The summed E-state index contributed by atoms with van der Waals surface area (Å²) in [5.41, 5.74) is -0.539. The van der Waals surface area contributed by atoms with Crippen LogP contribution in [0.2, 0.25) is 0 Å². The van der Waals surface area contributed by atoms with Crippen molar-refractivity contribution in [1.82, 2.24) is 14.3 Å². The van der Waals surface area contributed by atoms with Crippen molar-refractivity contribution in [2.75, 3.05) is 0 Å². The molecule has 1 saturated carbocycles. The Kier molecular flexibility index (Phi) is 2.31. The van der Waals surface area contributed by atoms with Gasteiger partial charge >= 0.3 is 11.4 Å². The maximum atomic E-state index is 11.6. The first-order valence-corrected chi connectivity index (χ1v) is 5.07. The van der Waals surface area contributed by atoms with Crippen LogP contribution in [0, 0.1) is 0 Å². The number of nitrogens with zero attached hydrogens (tertiary/aromatic N) is 2. The highest BCUT2D eigenvalue weighted by Crippen LogP contribution is 2.25. The molecule has 0 radical (unpaired) electrons. The maximum absolute atomic E-state index is 11.6. The molecular weight excluding hydrogens is 182 g/mol. The Labute approximate surface area is 81.3 Å². The van der Waals surface area contributed by atoms with Gasteiger partial charge < -0.3 is 0 Å². The number of H-pyrrole nitrogens is 1. The van der Waals surface area contributed by atoms with Crippen LogP contribution in [0.4, 0.5) is 0 Å². The van der Waals surface area contributed by atoms with Crippen LogP contribution in [0.3, 0.4) is 0 Å². The fraction of sp³-hybridized carbons (Fsp3) is 0.778. The van der Waals surface area contributed by atoms with Crippen LogP contribution in [0.25, 0.3) is 0 Å². The molecule has 0 spiro atoms. The van der Waals surface area contributed by atoms with E-state index in [-0.39, 0.29) is 17.4 Å². The average molecular weight is 197 g/mol. The molecule has 5 heteroatoms. The first-order valence-electron chi connectivity index (χ1n) is 5.07. The standard InChI is InChI=1S/C9H15N3O2/c1-11-8(13)10-12(9(11)14)7-5-3-2-4-6-7/h7H,2-6H2,1H3,(H,10,13). The van der Waals surface area contributed by atoms with E-state index in [1.807, 2.05) is 0 Å². The van der Waals surface area contributed by atoms with Crippen molar-refractivity contribution < 1.29 is 0 Å². The zero-order valence-corrected chi connectivity index (χ0v) is 8.32. The minimum absolute atomic E-state index is 0.199. The average Bonchev–Trinajstić information content (AvgIpc) is 2.47. The fourth-order valence-electron chi connectivity index (χ4n) is 2.06. The van der Waals surface area contributed by atoms with Gasteiger partial charge in [0.1, 0.15) is 0 Å². The van der Waals surface area contributed by atoms with Crippen LogP contribution in [0.1, 0.15) is 38.1 Å². The van der Waals surface area contributed by atoms with E-state index in [0.717, 1.165) is 30.3 Å². The topological polar surface area (TPSA) is 59.8 Å². The minimum atomic E-state index is -0.319. The number of nitrogens with one attached hydrogen (secondary N) is 1. The molecular formula is C9H15N3O2. The van der Waals surface area contributed by atoms with Gasteiger partial charge in [-0.15, -0.1) is 0 Å². The van der Waals surface area contributed by atoms with Gasteiger partial charge in [0.25, 0.3) is 0 Å². The first-order chi connectivity index (χ1) is 6.70. The molecule has 1 aromatic rings. The summed E-state index contributed by atoms with van der Waals surface area (Å²) in [6, 6.07) is 0.199. The Morgan fingerprint density at radius 2 is 1.86 bits per heavy atom. The summed E-state index contributed by atoms with van der Waals surface area (Å²) >= 11 is 0. The molecule has 1 aliphatic carbocycles. The molecule has 1 aliphatic rings. The third-order valence-corrected chi connectivity index (χ3v) is 2.95. The molecule has 0 saturated heterocycles. The molecule has 0 aromatic carbocycles. The van der Waals surface area contributed by atoms with E-state index in [9.17, 15) is 9.59 Å². The molecule has 0 amide bonds. The molecule has 14 heavy (non-hydrogen) atoms. The van der Waals surface area contributed by atoms with Gasteiger partial charge in [0.2, 0.25) is 0 Å². The largest absolute Gasteiger partial charge is 0.346 e. The third-order valence-electron chi connectivity index (χ3n) is 2.95. The third kappa shape index (κ3) is 1.42. The molecule has 78 valence electrons. The predicted octanol–water partition coefficient (Wildman–Crippen LogP) is 0.380. The zero-order chi connectivity index (χ0) is 10.1. The van der Waals surface area contributed by atoms with Crippen LogP contribution in [0.15, 0.2) is 9.59 Å². The maximum Gasteiger partial charge on any atom is 0.346 e. The summed E-state index contributed by atoms with van der Waals surface area (Å²) in [5, 5.41) is 2.59. The van der Waals surface area contributed by atoms with Crippen molar-refractivity contribution in [3.63, 3.8) is 0 Å². The van der Waals surface area contributed by atoms with Crippen LogP contribution in [0.5, 0.6) is 0 Å². The second-order valence-electron chi connectivity index (χ2n) is 3.92. The number of hydrogen-bond acceptors (Lipinski definition) is 2. The second-order valence-corrected chi connectivity index (χ2v) is 3.92. The summed E-state index contributed by atoms with van der Waals surface area (Å²) in [6.45, 7) is 0. The van der Waals surface area contributed by atoms with E-state index >= 15 is 0 Å². The van der Waals surface area contributed by atoms with Crippen LogP contribution < -0.4 is 11.4 Å².